The minimum absolute atomic E-state index is 0.0248. The van der Waals surface area contributed by atoms with Gasteiger partial charge in [0.2, 0.25) is 5.91 Å². The van der Waals surface area contributed by atoms with Gasteiger partial charge in [0.25, 0.3) is 5.91 Å². The van der Waals surface area contributed by atoms with E-state index in [1.54, 1.807) is 0 Å². The van der Waals surface area contributed by atoms with Crippen molar-refractivity contribution in [2.24, 2.45) is 0 Å². The van der Waals surface area contributed by atoms with Crippen molar-refractivity contribution in [3.8, 4) is 5.75 Å². The molecule has 1 saturated carbocycles. The van der Waals surface area contributed by atoms with E-state index in [0.717, 1.165) is 24.2 Å². The lowest BCUT2D eigenvalue weighted by atomic mass is 9.98. The lowest BCUT2D eigenvalue weighted by Crippen LogP contribution is -2.48. The first-order valence-electron chi connectivity index (χ1n) is 11.8. The van der Waals surface area contributed by atoms with Gasteiger partial charge in [-0.25, -0.2) is 0 Å². The van der Waals surface area contributed by atoms with E-state index in [4.69, 9.17) is 21.7 Å². The van der Waals surface area contributed by atoms with E-state index in [1.807, 2.05) is 49.1 Å². The second-order valence-corrected chi connectivity index (χ2v) is 10.8. The van der Waals surface area contributed by atoms with E-state index < -0.39 is 0 Å². The highest BCUT2D eigenvalue weighted by atomic mass is 32.2. The Bertz CT molecular complexity index is 901. The number of carbonyl (C=O) groups is 2. The third-order valence-electron chi connectivity index (χ3n) is 6.23. The molecule has 1 aromatic rings. The van der Waals surface area contributed by atoms with Gasteiger partial charge in [-0.3, -0.25) is 14.5 Å². The zero-order valence-electron chi connectivity index (χ0n) is 19.3. The second-order valence-electron chi connectivity index (χ2n) is 9.09. The molecular weight excluding hydrogens is 456 g/mol. The van der Waals surface area contributed by atoms with Crippen LogP contribution >= 0.6 is 24.0 Å². The molecule has 8 heteroatoms. The van der Waals surface area contributed by atoms with Gasteiger partial charge >= 0.3 is 0 Å². The number of carbonyl (C=O) groups excluding carboxylic acids is 2. The Morgan fingerprint density at radius 2 is 1.82 bits per heavy atom. The summed E-state index contributed by atoms with van der Waals surface area (Å²) in [5.74, 6) is 0.768. The molecule has 1 aromatic carbocycles. The van der Waals surface area contributed by atoms with Crippen LogP contribution in [-0.4, -0.2) is 63.9 Å². The first-order chi connectivity index (χ1) is 15.9. The zero-order valence-corrected chi connectivity index (χ0v) is 21.0. The Balaban J connectivity index is 1.32. The van der Waals surface area contributed by atoms with Gasteiger partial charge in [0, 0.05) is 26.1 Å². The van der Waals surface area contributed by atoms with Crippen molar-refractivity contribution in [1.82, 2.24) is 9.80 Å². The third kappa shape index (κ3) is 6.37. The molecular formula is C25H32N2O4S2. The Kier molecular flexibility index (Phi) is 8.09. The average Bonchev–Trinajstić information content (AvgIpc) is 3.05. The molecule has 0 N–H and O–H groups in total. The van der Waals surface area contributed by atoms with Crippen molar-refractivity contribution in [2.45, 2.75) is 70.7 Å². The van der Waals surface area contributed by atoms with E-state index in [9.17, 15) is 9.59 Å². The van der Waals surface area contributed by atoms with Crippen molar-refractivity contribution in [3.05, 3.63) is 34.7 Å². The van der Waals surface area contributed by atoms with Crippen LogP contribution in [0.15, 0.2) is 29.2 Å². The van der Waals surface area contributed by atoms with Gasteiger partial charge in [-0.05, 0) is 63.3 Å². The topological polar surface area (TPSA) is 59.1 Å². The number of nitrogens with zero attached hydrogens (tertiary/aromatic N) is 2. The van der Waals surface area contributed by atoms with Gasteiger partial charge in [-0.1, -0.05) is 42.5 Å². The molecule has 2 saturated heterocycles. The van der Waals surface area contributed by atoms with Crippen LogP contribution in [0.2, 0.25) is 0 Å². The van der Waals surface area contributed by atoms with Crippen LogP contribution in [0.4, 0.5) is 0 Å². The number of thiocarbonyl (C=S) groups is 1. The summed E-state index contributed by atoms with van der Waals surface area (Å²) in [5.41, 5.74) is 0.930. The number of rotatable bonds is 6. The van der Waals surface area contributed by atoms with Gasteiger partial charge < -0.3 is 14.4 Å². The Morgan fingerprint density at radius 3 is 2.48 bits per heavy atom. The van der Waals surface area contributed by atoms with E-state index in [-0.39, 0.29) is 30.4 Å². The summed E-state index contributed by atoms with van der Waals surface area (Å²) in [5, 5.41) is 0. The van der Waals surface area contributed by atoms with Crippen LogP contribution in [0.3, 0.4) is 0 Å². The molecule has 4 rings (SSSR count). The van der Waals surface area contributed by atoms with Gasteiger partial charge in [-0.15, -0.1) is 0 Å². The molecule has 0 radical (unpaired) electrons. The molecule has 2 unspecified atom stereocenters. The molecule has 0 aromatic heterocycles. The van der Waals surface area contributed by atoms with Crippen LogP contribution in [0.5, 0.6) is 5.75 Å². The SMILES string of the molecule is CC1CN(C(=O)CCN2C(=O)/C(=C/c3ccc(OC4CCCCC4)cc3)SC2=S)CC(C)O1. The molecule has 0 spiro atoms. The van der Waals surface area contributed by atoms with Gasteiger partial charge in [-0.2, -0.15) is 0 Å². The molecule has 178 valence electrons. The van der Waals surface area contributed by atoms with E-state index in [1.165, 1.54) is 35.9 Å². The molecule has 0 bridgehead atoms. The standard InChI is InChI=1S/C25H32N2O4S2/c1-17-15-26(16-18(2)30-17)23(28)12-13-27-24(29)22(33-25(27)32)14-19-8-10-21(11-9-19)31-20-6-4-3-5-7-20/h8-11,14,17-18,20H,3-7,12-13,15-16H2,1-2H3/b22-14-. The summed E-state index contributed by atoms with van der Waals surface area (Å²) in [7, 11) is 0. The largest absolute Gasteiger partial charge is 0.490 e. The number of ether oxygens (including phenoxy) is 2. The summed E-state index contributed by atoms with van der Waals surface area (Å²) >= 11 is 6.72. The third-order valence-corrected chi connectivity index (χ3v) is 7.61. The Labute approximate surface area is 205 Å². The van der Waals surface area contributed by atoms with Crippen LogP contribution in [0.25, 0.3) is 6.08 Å². The highest BCUT2D eigenvalue weighted by Gasteiger charge is 2.33. The second kappa shape index (κ2) is 11.0. The average molecular weight is 489 g/mol. The maximum Gasteiger partial charge on any atom is 0.266 e. The number of benzene rings is 1. The first kappa shape index (κ1) is 24.2. The van der Waals surface area contributed by atoms with Crippen LogP contribution in [0.1, 0.15) is 57.9 Å². The predicted molar refractivity (Wildman–Crippen MR) is 135 cm³/mol. The summed E-state index contributed by atoms with van der Waals surface area (Å²) < 4.78 is 12.3. The van der Waals surface area contributed by atoms with E-state index >= 15 is 0 Å². The van der Waals surface area contributed by atoms with Gasteiger partial charge in [0.1, 0.15) is 10.1 Å². The van der Waals surface area contributed by atoms with Crippen molar-refractivity contribution < 1.29 is 19.1 Å². The van der Waals surface area contributed by atoms with Crippen LogP contribution < -0.4 is 4.74 Å². The zero-order chi connectivity index (χ0) is 23.4. The fraction of sp³-hybridized carbons (Fsp3) is 0.560. The Hall–Kier alpha value is -1.90. The van der Waals surface area contributed by atoms with Crippen LogP contribution in [-0.2, 0) is 14.3 Å². The number of hydrogen-bond acceptors (Lipinski definition) is 6. The molecule has 2 aliphatic heterocycles. The number of amides is 2. The van der Waals surface area contributed by atoms with E-state index in [2.05, 4.69) is 0 Å². The normalized spacial score (nSPS) is 25.7. The molecule has 6 nitrogen and oxygen atoms in total. The van der Waals surface area contributed by atoms with Crippen molar-refractivity contribution in [2.75, 3.05) is 19.6 Å². The van der Waals surface area contributed by atoms with Crippen LogP contribution in [0, 0.1) is 0 Å². The molecule has 3 fully saturated rings. The summed E-state index contributed by atoms with van der Waals surface area (Å²) in [4.78, 5) is 29.5. The molecule has 2 atom stereocenters. The number of morpholine rings is 1. The van der Waals surface area contributed by atoms with Gasteiger partial charge in [0.15, 0.2) is 0 Å². The molecule has 3 aliphatic rings. The summed E-state index contributed by atoms with van der Waals surface area (Å²) in [6, 6.07) is 7.86. The smallest absolute Gasteiger partial charge is 0.266 e. The lowest BCUT2D eigenvalue weighted by Gasteiger charge is -2.35. The van der Waals surface area contributed by atoms with Crippen molar-refractivity contribution in [3.63, 3.8) is 0 Å². The fourth-order valence-corrected chi connectivity index (χ4v) is 5.92. The minimum atomic E-state index is -0.135. The monoisotopic (exact) mass is 488 g/mol. The quantitative estimate of drug-likeness (QED) is 0.430. The molecule has 2 heterocycles. The maximum absolute atomic E-state index is 12.9. The molecule has 33 heavy (non-hydrogen) atoms. The highest BCUT2D eigenvalue weighted by molar-refractivity contribution is 8.26. The summed E-state index contributed by atoms with van der Waals surface area (Å²) in [6.07, 6.45) is 8.50. The highest BCUT2D eigenvalue weighted by Crippen LogP contribution is 2.33. The molecule has 2 amide bonds. The first-order valence-corrected chi connectivity index (χ1v) is 13.1. The summed E-state index contributed by atoms with van der Waals surface area (Å²) in [6.45, 7) is 5.41. The van der Waals surface area contributed by atoms with Gasteiger partial charge in [0.05, 0.1) is 23.2 Å². The minimum Gasteiger partial charge on any atom is -0.490 e. The lowest BCUT2D eigenvalue weighted by molar-refractivity contribution is -0.143. The van der Waals surface area contributed by atoms with Crippen molar-refractivity contribution in [1.29, 1.82) is 0 Å². The predicted octanol–water partition coefficient (Wildman–Crippen LogP) is 4.63. The molecule has 1 aliphatic carbocycles. The number of thioether (sulfide) groups is 1. The van der Waals surface area contributed by atoms with Crippen molar-refractivity contribution >= 4 is 46.2 Å². The Morgan fingerprint density at radius 1 is 1.15 bits per heavy atom. The maximum atomic E-state index is 12.9. The fourth-order valence-electron chi connectivity index (χ4n) is 4.61. The number of hydrogen-bond donors (Lipinski definition) is 0. The van der Waals surface area contributed by atoms with E-state index in [0.29, 0.717) is 35.0 Å².